The summed E-state index contributed by atoms with van der Waals surface area (Å²) in [7, 11) is 0. The number of nitrogens with zero attached hydrogens (tertiary/aromatic N) is 1. The maximum atomic E-state index is 12.3. The van der Waals surface area contributed by atoms with Crippen molar-refractivity contribution in [3.8, 4) is 0 Å². The van der Waals surface area contributed by atoms with E-state index in [-0.39, 0.29) is 10.8 Å². The fourth-order valence-electron chi connectivity index (χ4n) is 1.13. The number of carbonyl (C=O) groups excluding carboxylic acids is 2. The summed E-state index contributed by atoms with van der Waals surface area (Å²) >= 11 is 0.959. The predicted octanol–water partition coefficient (Wildman–Crippen LogP) is 1.18. The van der Waals surface area contributed by atoms with Gasteiger partial charge in [-0.2, -0.15) is 13.2 Å². The zero-order valence-electron chi connectivity index (χ0n) is 10.4. The van der Waals surface area contributed by atoms with E-state index in [2.05, 4.69) is 10.3 Å². The van der Waals surface area contributed by atoms with Crippen molar-refractivity contribution in [2.75, 3.05) is 5.75 Å². The molecule has 1 rings (SSSR count). The first-order chi connectivity index (χ1) is 9.20. The summed E-state index contributed by atoms with van der Waals surface area (Å²) in [5.74, 6) is -1.20. The van der Waals surface area contributed by atoms with Crippen LogP contribution < -0.4 is 11.1 Å². The second-order valence-corrected chi connectivity index (χ2v) is 4.86. The van der Waals surface area contributed by atoms with Crippen LogP contribution in [0.1, 0.15) is 12.5 Å². The van der Waals surface area contributed by atoms with Gasteiger partial charge in [0, 0.05) is 6.20 Å². The molecule has 0 spiro atoms. The lowest BCUT2D eigenvalue weighted by molar-refractivity contribution is -0.137. The number of pyridine rings is 1. The quantitative estimate of drug-likeness (QED) is 0.800. The van der Waals surface area contributed by atoms with Crippen LogP contribution in [0.3, 0.4) is 0 Å². The monoisotopic (exact) mass is 307 g/mol. The van der Waals surface area contributed by atoms with Gasteiger partial charge in [0.15, 0.2) is 0 Å². The lowest BCUT2D eigenvalue weighted by Crippen LogP contribution is -2.42. The summed E-state index contributed by atoms with van der Waals surface area (Å²) in [5, 5.41) is 2.62. The van der Waals surface area contributed by atoms with Gasteiger partial charge in [0.05, 0.1) is 16.3 Å². The molecule has 0 aliphatic heterocycles. The number of hydrogen-bond donors (Lipinski definition) is 2. The van der Waals surface area contributed by atoms with Crippen molar-refractivity contribution >= 4 is 23.6 Å². The zero-order valence-corrected chi connectivity index (χ0v) is 11.2. The number of alkyl halides is 3. The van der Waals surface area contributed by atoms with Crippen LogP contribution >= 0.6 is 11.8 Å². The second kappa shape index (κ2) is 6.60. The first-order valence-electron chi connectivity index (χ1n) is 5.45. The Hall–Kier alpha value is -1.77. The molecule has 3 N–H and O–H groups in total. The lowest BCUT2D eigenvalue weighted by atomic mass is 10.3. The van der Waals surface area contributed by atoms with E-state index in [4.69, 9.17) is 5.73 Å². The van der Waals surface area contributed by atoms with Gasteiger partial charge < -0.3 is 11.1 Å². The molecule has 9 heteroatoms. The van der Waals surface area contributed by atoms with E-state index >= 15 is 0 Å². The minimum Gasteiger partial charge on any atom is -0.368 e. The normalized spacial score (nSPS) is 12.8. The minimum atomic E-state index is -4.44. The number of thioether (sulfide) groups is 1. The van der Waals surface area contributed by atoms with Crippen LogP contribution in [0.4, 0.5) is 13.2 Å². The highest BCUT2D eigenvalue weighted by atomic mass is 32.2. The van der Waals surface area contributed by atoms with Crippen LogP contribution in [0.2, 0.25) is 0 Å². The van der Waals surface area contributed by atoms with Crippen LogP contribution in [0.25, 0.3) is 0 Å². The Morgan fingerprint density at radius 2 is 2.10 bits per heavy atom. The molecule has 0 bridgehead atoms. The van der Waals surface area contributed by atoms with Gasteiger partial charge in [-0.3, -0.25) is 9.59 Å². The number of nitrogens with two attached hydrogens (primary N) is 1. The molecule has 5 nitrogen and oxygen atoms in total. The summed E-state index contributed by atoms with van der Waals surface area (Å²) in [5.41, 5.74) is 4.12. The molecular formula is C11H12F3N3O2S. The predicted molar refractivity (Wildman–Crippen MR) is 66.8 cm³/mol. The summed E-state index contributed by atoms with van der Waals surface area (Å²) < 4.78 is 36.9. The first-order valence-corrected chi connectivity index (χ1v) is 6.43. The molecule has 0 aliphatic rings. The molecule has 110 valence electrons. The number of amides is 2. The average molecular weight is 307 g/mol. The highest BCUT2D eigenvalue weighted by Gasteiger charge is 2.30. The molecule has 0 fully saturated rings. The molecule has 2 amide bonds. The molecule has 20 heavy (non-hydrogen) atoms. The zero-order chi connectivity index (χ0) is 15.3. The number of rotatable bonds is 5. The molecule has 1 unspecified atom stereocenters. The summed E-state index contributed by atoms with van der Waals surface area (Å²) in [4.78, 5) is 25.7. The van der Waals surface area contributed by atoms with Gasteiger partial charge in [-0.15, -0.1) is 0 Å². The molecule has 1 aromatic heterocycles. The smallest absolute Gasteiger partial charge is 0.368 e. The SMILES string of the molecule is CC(NC(=O)CSc1ccc(C(F)(F)F)cn1)C(N)=O. The van der Waals surface area contributed by atoms with Crippen molar-refractivity contribution in [2.24, 2.45) is 5.73 Å². The van der Waals surface area contributed by atoms with Gasteiger partial charge in [0.1, 0.15) is 6.04 Å². The van der Waals surface area contributed by atoms with Crippen molar-refractivity contribution in [1.82, 2.24) is 10.3 Å². The Bertz CT molecular complexity index is 491. The van der Waals surface area contributed by atoms with E-state index < -0.39 is 29.6 Å². The van der Waals surface area contributed by atoms with Gasteiger partial charge in [-0.05, 0) is 19.1 Å². The number of primary amides is 1. The van der Waals surface area contributed by atoms with Crippen LogP contribution in [0, 0.1) is 0 Å². The van der Waals surface area contributed by atoms with Gasteiger partial charge in [0.25, 0.3) is 0 Å². The number of aromatic nitrogens is 1. The number of carbonyl (C=O) groups is 2. The fraction of sp³-hybridized carbons (Fsp3) is 0.364. The standard InChI is InChI=1S/C11H12F3N3O2S/c1-6(10(15)19)17-8(18)5-20-9-3-2-7(4-16-9)11(12,13)14/h2-4,6H,5H2,1H3,(H2,15,19)(H,17,18). The summed E-state index contributed by atoms with van der Waals surface area (Å²) in [6.07, 6.45) is -3.74. The van der Waals surface area contributed by atoms with Crippen LogP contribution in [0.5, 0.6) is 0 Å². The number of halogens is 3. The largest absolute Gasteiger partial charge is 0.417 e. The molecule has 0 saturated heterocycles. The number of nitrogens with one attached hydrogen (secondary N) is 1. The van der Waals surface area contributed by atoms with Gasteiger partial charge in [-0.1, -0.05) is 11.8 Å². The third kappa shape index (κ3) is 5.08. The van der Waals surface area contributed by atoms with Crippen molar-refractivity contribution < 1.29 is 22.8 Å². The third-order valence-electron chi connectivity index (χ3n) is 2.22. The van der Waals surface area contributed by atoms with E-state index in [1.807, 2.05) is 0 Å². The molecular weight excluding hydrogens is 295 g/mol. The molecule has 0 aromatic carbocycles. The third-order valence-corrected chi connectivity index (χ3v) is 3.16. The van der Waals surface area contributed by atoms with E-state index in [1.54, 1.807) is 0 Å². The van der Waals surface area contributed by atoms with Gasteiger partial charge in [0.2, 0.25) is 11.8 Å². The second-order valence-electron chi connectivity index (χ2n) is 3.86. The van der Waals surface area contributed by atoms with Crippen LogP contribution in [-0.2, 0) is 15.8 Å². The molecule has 1 aromatic rings. The molecule has 1 heterocycles. The Labute approximate surface area is 117 Å². The van der Waals surface area contributed by atoms with Crippen LogP contribution in [-0.4, -0.2) is 28.6 Å². The van der Waals surface area contributed by atoms with E-state index in [0.717, 1.165) is 17.8 Å². The summed E-state index contributed by atoms with van der Waals surface area (Å²) in [6, 6.07) is 1.26. The molecule has 1 atom stereocenters. The van der Waals surface area contributed by atoms with Crippen molar-refractivity contribution in [1.29, 1.82) is 0 Å². The Balaban J connectivity index is 2.50. The van der Waals surface area contributed by atoms with E-state index in [0.29, 0.717) is 6.20 Å². The van der Waals surface area contributed by atoms with Crippen molar-refractivity contribution in [3.05, 3.63) is 23.9 Å². The Morgan fingerprint density at radius 3 is 2.55 bits per heavy atom. The minimum absolute atomic E-state index is 0.0734. The highest BCUT2D eigenvalue weighted by molar-refractivity contribution is 7.99. The highest BCUT2D eigenvalue weighted by Crippen LogP contribution is 2.29. The maximum absolute atomic E-state index is 12.3. The van der Waals surface area contributed by atoms with E-state index in [9.17, 15) is 22.8 Å². The van der Waals surface area contributed by atoms with Gasteiger partial charge in [-0.25, -0.2) is 4.98 Å². The molecule has 0 aliphatic carbocycles. The lowest BCUT2D eigenvalue weighted by Gasteiger charge is -2.10. The molecule has 0 saturated carbocycles. The van der Waals surface area contributed by atoms with Gasteiger partial charge >= 0.3 is 6.18 Å². The maximum Gasteiger partial charge on any atom is 0.417 e. The molecule has 0 radical (unpaired) electrons. The Kier molecular flexibility index (Phi) is 5.37. The van der Waals surface area contributed by atoms with Crippen LogP contribution in [0.15, 0.2) is 23.4 Å². The summed E-state index contributed by atoms with van der Waals surface area (Å²) in [6.45, 7) is 1.43. The average Bonchev–Trinajstić information content (AvgIpc) is 2.35. The topological polar surface area (TPSA) is 85.1 Å². The fourth-order valence-corrected chi connectivity index (χ4v) is 1.78. The van der Waals surface area contributed by atoms with Crippen molar-refractivity contribution in [2.45, 2.75) is 24.2 Å². The number of hydrogen-bond acceptors (Lipinski definition) is 4. The Morgan fingerprint density at radius 1 is 1.45 bits per heavy atom. The van der Waals surface area contributed by atoms with Crippen molar-refractivity contribution in [3.63, 3.8) is 0 Å². The van der Waals surface area contributed by atoms with E-state index in [1.165, 1.54) is 13.0 Å². The first kappa shape index (κ1) is 16.3.